The maximum atomic E-state index is 5.45. The Balaban J connectivity index is 3.05. The molecule has 0 spiro atoms. The normalized spacial score (nSPS) is 11.0. The molecule has 0 aromatic heterocycles. The molecule has 2 nitrogen and oxygen atoms in total. The van der Waals surface area contributed by atoms with Crippen LogP contribution in [0.25, 0.3) is 0 Å². The molecule has 0 atom stereocenters. The van der Waals surface area contributed by atoms with Gasteiger partial charge >= 0.3 is 0 Å². The van der Waals surface area contributed by atoms with Gasteiger partial charge < -0.3 is 10.6 Å². The van der Waals surface area contributed by atoms with Crippen molar-refractivity contribution in [3.05, 3.63) is 28.8 Å². The zero-order valence-corrected chi connectivity index (χ0v) is 15.2. The van der Waals surface area contributed by atoms with Crippen LogP contribution in [0.2, 0.25) is 0 Å². The van der Waals surface area contributed by atoms with Gasteiger partial charge in [-0.05, 0) is 48.5 Å². The van der Waals surface area contributed by atoms with Gasteiger partial charge in [-0.25, -0.2) is 0 Å². The summed E-state index contributed by atoms with van der Waals surface area (Å²) in [6, 6.07) is 4.54. The molecule has 1 aromatic rings. The molecule has 0 aliphatic carbocycles. The van der Waals surface area contributed by atoms with Crippen LogP contribution in [0.1, 0.15) is 76.0 Å². The molecule has 21 heavy (non-hydrogen) atoms. The fourth-order valence-electron chi connectivity index (χ4n) is 2.43. The van der Waals surface area contributed by atoms with Gasteiger partial charge in [0, 0.05) is 12.2 Å². The lowest BCUT2D eigenvalue weighted by molar-refractivity contribution is 0.757. The Morgan fingerprint density at radius 1 is 1.10 bits per heavy atom. The summed E-state index contributed by atoms with van der Waals surface area (Å²) >= 11 is 5.45. The van der Waals surface area contributed by atoms with Crippen molar-refractivity contribution < 1.29 is 0 Å². The third-order valence-electron chi connectivity index (χ3n) is 3.64. The fraction of sp³-hybridized carbons (Fsp3) is 0.611. The lowest BCUT2D eigenvalue weighted by Gasteiger charge is -2.22. The van der Waals surface area contributed by atoms with E-state index in [1.807, 2.05) is 0 Å². The standard InChI is InChI=1S/C18H30N2S/c1-7-8-9-19-18(21)20-17-15(12(2)3)10-14(6)11-16(17)13(4)5/h10-13H,7-9H2,1-6H3,(H2,19,20,21). The Labute approximate surface area is 135 Å². The highest BCUT2D eigenvalue weighted by Gasteiger charge is 2.15. The van der Waals surface area contributed by atoms with Crippen molar-refractivity contribution in [3.63, 3.8) is 0 Å². The van der Waals surface area contributed by atoms with Gasteiger partial charge in [0.05, 0.1) is 0 Å². The van der Waals surface area contributed by atoms with E-state index >= 15 is 0 Å². The van der Waals surface area contributed by atoms with Crippen molar-refractivity contribution >= 4 is 23.0 Å². The minimum absolute atomic E-state index is 0.475. The molecule has 1 rings (SSSR count). The van der Waals surface area contributed by atoms with E-state index < -0.39 is 0 Å². The summed E-state index contributed by atoms with van der Waals surface area (Å²) in [6.45, 7) is 14.2. The van der Waals surface area contributed by atoms with Gasteiger partial charge in [0.1, 0.15) is 0 Å². The molecule has 0 heterocycles. The van der Waals surface area contributed by atoms with Crippen LogP contribution >= 0.6 is 12.2 Å². The minimum Gasteiger partial charge on any atom is -0.362 e. The number of aryl methyl sites for hydroxylation is 1. The van der Waals surface area contributed by atoms with Crippen molar-refractivity contribution in [1.29, 1.82) is 0 Å². The van der Waals surface area contributed by atoms with Crippen LogP contribution in [-0.4, -0.2) is 11.7 Å². The molecule has 3 heteroatoms. The van der Waals surface area contributed by atoms with Crippen molar-refractivity contribution in [1.82, 2.24) is 5.32 Å². The molecule has 0 saturated heterocycles. The lowest BCUT2D eigenvalue weighted by atomic mass is 9.90. The maximum absolute atomic E-state index is 5.45. The van der Waals surface area contributed by atoms with Gasteiger partial charge in [-0.3, -0.25) is 0 Å². The van der Waals surface area contributed by atoms with Gasteiger partial charge in [0.15, 0.2) is 5.11 Å². The van der Waals surface area contributed by atoms with E-state index in [1.54, 1.807) is 0 Å². The van der Waals surface area contributed by atoms with Gasteiger partial charge in [0.2, 0.25) is 0 Å². The first-order chi connectivity index (χ1) is 9.86. The second-order valence-corrected chi connectivity index (χ2v) is 6.77. The van der Waals surface area contributed by atoms with Gasteiger partial charge in [0.25, 0.3) is 0 Å². The minimum atomic E-state index is 0.475. The summed E-state index contributed by atoms with van der Waals surface area (Å²) in [6.07, 6.45) is 2.32. The second-order valence-electron chi connectivity index (χ2n) is 6.36. The molecule has 0 saturated carbocycles. The maximum Gasteiger partial charge on any atom is 0.170 e. The molecule has 0 aliphatic rings. The average molecular weight is 307 g/mol. The van der Waals surface area contributed by atoms with E-state index in [4.69, 9.17) is 12.2 Å². The second kappa shape index (κ2) is 8.38. The monoisotopic (exact) mass is 306 g/mol. The van der Waals surface area contributed by atoms with Crippen molar-refractivity contribution in [2.24, 2.45) is 0 Å². The number of rotatable bonds is 6. The Kier molecular flexibility index (Phi) is 7.16. The third kappa shape index (κ3) is 5.31. The predicted molar refractivity (Wildman–Crippen MR) is 98.5 cm³/mol. The van der Waals surface area contributed by atoms with Crippen molar-refractivity contribution in [2.45, 2.75) is 66.2 Å². The van der Waals surface area contributed by atoms with E-state index in [9.17, 15) is 0 Å². The van der Waals surface area contributed by atoms with Crippen LogP contribution in [0.15, 0.2) is 12.1 Å². The Morgan fingerprint density at radius 2 is 1.62 bits per heavy atom. The summed E-state index contributed by atoms with van der Waals surface area (Å²) in [5, 5.41) is 7.48. The number of thiocarbonyl (C=S) groups is 1. The van der Waals surface area contributed by atoms with Crippen molar-refractivity contribution in [3.8, 4) is 0 Å². The molecule has 0 fully saturated rings. The molecule has 2 N–H and O–H groups in total. The molecule has 118 valence electrons. The predicted octanol–water partition coefficient (Wildman–Crippen LogP) is 5.33. The smallest absolute Gasteiger partial charge is 0.170 e. The van der Waals surface area contributed by atoms with Crippen LogP contribution in [0.3, 0.4) is 0 Å². The quantitative estimate of drug-likeness (QED) is 0.549. The van der Waals surface area contributed by atoms with E-state index in [0.29, 0.717) is 11.8 Å². The van der Waals surface area contributed by atoms with E-state index in [-0.39, 0.29) is 0 Å². The first kappa shape index (κ1) is 18.0. The molecule has 0 unspecified atom stereocenters. The number of hydrogen-bond acceptors (Lipinski definition) is 1. The highest BCUT2D eigenvalue weighted by atomic mass is 32.1. The number of unbranched alkanes of at least 4 members (excludes halogenated alkanes) is 1. The molecular weight excluding hydrogens is 276 g/mol. The molecule has 1 aromatic carbocycles. The third-order valence-corrected chi connectivity index (χ3v) is 3.89. The van der Waals surface area contributed by atoms with Gasteiger partial charge in [-0.15, -0.1) is 0 Å². The molecule has 0 aliphatic heterocycles. The number of nitrogens with one attached hydrogen (secondary N) is 2. The van der Waals surface area contributed by atoms with Crippen LogP contribution in [0.4, 0.5) is 5.69 Å². The molecule has 0 amide bonds. The highest BCUT2D eigenvalue weighted by molar-refractivity contribution is 7.80. The van der Waals surface area contributed by atoms with Gasteiger partial charge in [-0.1, -0.05) is 58.7 Å². The average Bonchev–Trinajstić information content (AvgIpc) is 2.40. The van der Waals surface area contributed by atoms with E-state index in [0.717, 1.165) is 18.1 Å². The zero-order chi connectivity index (χ0) is 16.0. The largest absolute Gasteiger partial charge is 0.362 e. The van der Waals surface area contributed by atoms with Crippen LogP contribution in [0, 0.1) is 6.92 Å². The number of hydrogen-bond donors (Lipinski definition) is 2. The topological polar surface area (TPSA) is 24.1 Å². The Hall–Kier alpha value is -1.09. The van der Waals surface area contributed by atoms with Crippen LogP contribution in [0.5, 0.6) is 0 Å². The Morgan fingerprint density at radius 3 is 2.05 bits per heavy atom. The summed E-state index contributed by atoms with van der Waals surface area (Å²) in [5.41, 5.74) is 5.20. The molecule has 0 radical (unpaired) electrons. The summed E-state index contributed by atoms with van der Waals surface area (Å²) < 4.78 is 0. The lowest BCUT2D eigenvalue weighted by Crippen LogP contribution is -2.30. The first-order valence-corrected chi connectivity index (χ1v) is 8.46. The fourth-order valence-corrected chi connectivity index (χ4v) is 2.64. The van der Waals surface area contributed by atoms with Gasteiger partial charge in [-0.2, -0.15) is 0 Å². The molecule has 0 bridgehead atoms. The summed E-state index contributed by atoms with van der Waals surface area (Å²) in [4.78, 5) is 0. The van der Waals surface area contributed by atoms with E-state index in [2.05, 4.69) is 64.3 Å². The SMILES string of the molecule is CCCCNC(=S)Nc1c(C(C)C)cc(C)cc1C(C)C. The van der Waals surface area contributed by atoms with Crippen LogP contribution < -0.4 is 10.6 Å². The summed E-state index contributed by atoms with van der Waals surface area (Å²) in [5.74, 6) is 0.951. The molecular formula is C18H30N2S. The summed E-state index contributed by atoms with van der Waals surface area (Å²) in [7, 11) is 0. The number of benzene rings is 1. The number of anilines is 1. The highest BCUT2D eigenvalue weighted by Crippen LogP contribution is 2.33. The van der Waals surface area contributed by atoms with Crippen LogP contribution in [-0.2, 0) is 0 Å². The zero-order valence-electron chi connectivity index (χ0n) is 14.3. The first-order valence-electron chi connectivity index (χ1n) is 8.06. The van der Waals surface area contributed by atoms with Crippen molar-refractivity contribution in [2.75, 3.05) is 11.9 Å². The van der Waals surface area contributed by atoms with E-state index in [1.165, 1.54) is 28.8 Å². The Bertz CT molecular complexity index is 449.